The highest BCUT2D eigenvalue weighted by atomic mass is 32.1. The Balaban J connectivity index is 1.64. The molecule has 1 atom stereocenters. The van der Waals surface area contributed by atoms with Gasteiger partial charge in [-0.3, -0.25) is 14.5 Å². The normalized spacial score (nSPS) is 12.2. The third-order valence-electron chi connectivity index (χ3n) is 5.75. The topological polar surface area (TPSA) is 93.0 Å². The van der Waals surface area contributed by atoms with Crippen LogP contribution in [0.15, 0.2) is 66.0 Å². The van der Waals surface area contributed by atoms with Crippen LogP contribution in [0.2, 0.25) is 0 Å². The zero-order chi connectivity index (χ0) is 28.0. The molecule has 2 amide bonds. The van der Waals surface area contributed by atoms with E-state index in [9.17, 15) is 27.2 Å². The minimum absolute atomic E-state index is 0.0404. The lowest BCUT2D eigenvalue weighted by molar-refractivity contribution is -0.137. The molecule has 2 heterocycles. The number of tetrazole rings is 1. The zero-order valence-corrected chi connectivity index (χ0v) is 21.5. The SMILES string of the molecule is CCC[C@@H](C(=O)NCc1ccc(F)cc1)N(C(=O)Cn1nnc(-c2cccs2)n1)c1cccc(C(F)(F)F)c1. The van der Waals surface area contributed by atoms with E-state index in [0.29, 0.717) is 17.8 Å². The molecule has 2 aromatic carbocycles. The van der Waals surface area contributed by atoms with Gasteiger partial charge in [-0.25, -0.2) is 4.39 Å². The highest BCUT2D eigenvalue weighted by molar-refractivity contribution is 7.13. The van der Waals surface area contributed by atoms with Gasteiger partial charge in [0, 0.05) is 12.2 Å². The summed E-state index contributed by atoms with van der Waals surface area (Å²) < 4.78 is 53.8. The minimum Gasteiger partial charge on any atom is -0.350 e. The average Bonchev–Trinajstić information content (AvgIpc) is 3.60. The highest BCUT2D eigenvalue weighted by Crippen LogP contribution is 2.33. The van der Waals surface area contributed by atoms with Crippen molar-refractivity contribution in [3.63, 3.8) is 0 Å². The number of thiophene rings is 1. The second-order valence-electron chi connectivity index (χ2n) is 8.58. The van der Waals surface area contributed by atoms with E-state index in [1.807, 2.05) is 5.38 Å². The number of nitrogens with zero attached hydrogens (tertiary/aromatic N) is 5. The number of hydrogen-bond donors (Lipinski definition) is 1. The van der Waals surface area contributed by atoms with Crippen molar-refractivity contribution in [3.05, 3.63) is 83.0 Å². The van der Waals surface area contributed by atoms with Crippen LogP contribution in [0, 0.1) is 5.82 Å². The van der Waals surface area contributed by atoms with Gasteiger partial charge in [0.1, 0.15) is 18.4 Å². The van der Waals surface area contributed by atoms with Crippen LogP contribution in [-0.4, -0.2) is 38.1 Å². The molecule has 0 radical (unpaired) electrons. The molecule has 0 fully saturated rings. The Morgan fingerprint density at radius 2 is 1.87 bits per heavy atom. The molecule has 4 aromatic rings. The minimum atomic E-state index is -4.65. The molecule has 0 saturated carbocycles. The maximum Gasteiger partial charge on any atom is 0.416 e. The molecule has 0 spiro atoms. The van der Waals surface area contributed by atoms with Gasteiger partial charge in [0.15, 0.2) is 0 Å². The summed E-state index contributed by atoms with van der Waals surface area (Å²) in [5, 5.41) is 16.6. The third-order valence-corrected chi connectivity index (χ3v) is 6.61. The van der Waals surface area contributed by atoms with Crippen molar-refractivity contribution >= 4 is 28.8 Å². The number of amides is 2. The lowest BCUT2D eigenvalue weighted by atomic mass is 10.1. The van der Waals surface area contributed by atoms with Gasteiger partial charge in [-0.05, 0) is 59.0 Å². The number of alkyl halides is 3. The maximum absolute atomic E-state index is 13.6. The first kappa shape index (κ1) is 27.9. The standard InChI is InChI=1S/C26H24F4N6O2S/c1-2-5-21(25(38)31-15-17-9-11-19(27)12-10-17)36(20-7-3-6-18(14-20)26(28,29)30)23(37)16-35-33-24(32-34-35)22-8-4-13-39-22/h3-4,6-14,21H,2,5,15-16H2,1H3,(H,31,38)/t21-/m0/s1. The number of nitrogens with one attached hydrogen (secondary N) is 1. The molecule has 0 saturated heterocycles. The van der Waals surface area contributed by atoms with E-state index in [1.165, 1.54) is 47.7 Å². The largest absolute Gasteiger partial charge is 0.416 e. The summed E-state index contributed by atoms with van der Waals surface area (Å²) in [4.78, 5) is 29.8. The molecule has 0 bridgehead atoms. The van der Waals surface area contributed by atoms with Gasteiger partial charge >= 0.3 is 6.18 Å². The van der Waals surface area contributed by atoms with Gasteiger partial charge in [0.2, 0.25) is 11.7 Å². The van der Waals surface area contributed by atoms with Crippen LogP contribution in [0.3, 0.4) is 0 Å². The van der Waals surface area contributed by atoms with E-state index >= 15 is 0 Å². The van der Waals surface area contributed by atoms with Crippen molar-refractivity contribution in [3.8, 4) is 10.7 Å². The van der Waals surface area contributed by atoms with Crippen molar-refractivity contribution in [1.29, 1.82) is 0 Å². The van der Waals surface area contributed by atoms with E-state index < -0.39 is 42.0 Å². The summed E-state index contributed by atoms with van der Waals surface area (Å²) in [6.07, 6.45) is -4.02. The first-order chi connectivity index (χ1) is 18.7. The second-order valence-corrected chi connectivity index (χ2v) is 9.53. The van der Waals surface area contributed by atoms with Crippen molar-refractivity contribution in [2.24, 2.45) is 0 Å². The van der Waals surface area contributed by atoms with Crippen LogP contribution in [0.5, 0.6) is 0 Å². The van der Waals surface area contributed by atoms with Crippen LogP contribution in [-0.2, 0) is 28.9 Å². The molecule has 13 heteroatoms. The Kier molecular flexibility index (Phi) is 8.69. The quantitative estimate of drug-likeness (QED) is 0.273. The first-order valence-electron chi connectivity index (χ1n) is 12.0. The number of rotatable bonds is 10. The second kappa shape index (κ2) is 12.2. The number of carbonyl (C=O) groups excluding carboxylic acids is 2. The fraction of sp³-hybridized carbons (Fsp3) is 0.269. The van der Waals surface area contributed by atoms with E-state index in [2.05, 4.69) is 20.7 Å². The molecule has 0 aliphatic carbocycles. The average molecular weight is 561 g/mol. The third kappa shape index (κ3) is 7.05. The molecule has 8 nitrogen and oxygen atoms in total. The molecule has 0 aliphatic heterocycles. The van der Waals surface area contributed by atoms with E-state index in [1.54, 1.807) is 19.1 Å². The number of aromatic nitrogens is 4. The molecule has 4 rings (SSSR count). The number of hydrogen-bond acceptors (Lipinski definition) is 6. The van der Waals surface area contributed by atoms with Gasteiger partial charge in [0.25, 0.3) is 5.91 Å². The lowest BCUT2D eigenvalue weighted by Crippen LogP contribution is -2.51. The maximum atomic E-state index is 13.6. The Morgan fingerprint density at radius 1 is 1.10 bits per heavy atom. The first-order valence-corrected chi connectivity index (χ1v) is 12.9. The number of benzene rings is 2. The summed E-state index contributed by atoms with van der Waals surface area (Å²) in [5.41, 5.74) is -0.438. The summed E-state index contributed by atoms with van der Waals surface area (Å²) in [6.45, 7) is 1.38. The van der Waals surface area contributed by atoms with Crippen LogP contribution in [0.4, 0.5) is 23.2 Å². The molecule has 0 aliphatic rings. The predicted molar refractivity (Wildman–Crippen MR) is 137 cm³/mol. The van der Waals surface area contributed by atoms with Crippen molar-refractivity contribution < 1.29 is 27.2 Å². The van der Waals surface area contributed by atoms with Gasteiger partial charge in [-0.15, -0.1) is 21.5 Å². The molecule has 204 valence electrons. The number of halogens is 4. The summed E-state index contributed by atoms with van der Waals surface area (Å²) in [5.74, 6) is -1.40. The molecular formula is C26H24F4N6O2S. The Labute approximate surface area is 225 Å². The summed E-state index contributed by atoms with van der Waals surface area (Å²) in [7, 11) is 0. The fourth-order valence-electron chi connectivity index (χ4n) is 3.90. The number of carbonyl (C=O) groups is 2. The fourth-order valence-corrected chi connectivity index (χ4v) is 4.55. The van der Waals surface area contributed by atoms with Crippen LogP contribution < -0.4 is 10.2 Å². The Bertz CT molecular complexity index is 1410. The molecule has 0 unspecified atom stereocenters. The summed E-state index contributed by atoms with van der Waals surface area (Å²) >= 11 is 1.38. The predicted octanol–water partition coefficient (Wildman–Crippen LogP) is 5.08. The molecule has 39 heavy (non-hydrogen) atoms. The molecular weight excluding hydrogens is 536 g/mol. The molecule has 2 aromatic heterocycles. The van der Waals surface area contributed by atoms with Gasteiger partial charge in [-0.2, -0.15) is 18.0 Å². The highest BCUT2D eigenvalue weighted by Gasteiger charge is 2.35. The monoisotopic (exact) mass is 560 g/mol. The van der Waals surface area contributed by atoms with Crippen molar-refractivity contribution in [2.45, 2.75) is 45.1 Å². The smallest absolute Gasteiger partial charge is 0.350 e. The van der Waals surface area contributed by atoms with Crippen LogP contribution in [0.25, 0.3) is 10.7 Å². The van der Waals surface area contributed by atoms with Gasteiger partial charge in [0.05, 0.1) is 10.4 Å². The van der Waals surface area contributed by atoms with E-state index in [-0.39, 0.29) is 18.7 Å². The van der Waals surface area contributed by atoms with E-state index in [0.717, 1.165) is 26.7 Å². The van der Waals surface area contributed by atoms with Crippen molar-refractivity contribution in [1.82, 2.24) is 25.5 Å². The van der Waals surface area contributed by atoms with Crippen LogP contribution in [0.1, 0.15) is 30.9 Å². The number of anilines is 1. The van der Waals surface area contributed by atoms with Crippen molar-refractivity contribution in [2.75, 3.05) is 4.90 Å². The van der Waals surface area contributed by atoms with Gasteiger partial charge in [-0.1, -0.05) is 37.6 Å². The van der Waals surface area contributed by atoms with E-state index in [4.69, 9.17) is 0 Å². The van der Waals surface area contributed by atoms with Gasteiger partial charge < -0.3 is 5.32 Å². The van der Waals surface area contributed by atoms with Crippen LogP contribution >= 0.6 is 11.3 Å². The summed E-state index contributed by atoms with van der Waals surface area (Å²) in [6, 6.07) is 12.2. The molecule has 1 N–H and O–H groups in total. The Hall–Kier alpha value is -4.13. The Morgan fingerprint density at radius 3 is 2.54 bits per heavy atom. The zero-order valence-electron chi connectivity index (χ0n) is 20.7. The lowest BCUT2D eigenvalue weighted by Gasteiger charge is -2.31.